The van der Waals surface area contributed by atoms with Crippen molar-refractivity contribution in [3.8, 4) is 11.5 Å². The van der Waals surface area contributed by atoms with Crippen molar-refractivity contribution >= 4 is 56.5 Å². The quantitative estimate of drug-likeness (QED) is 0.193. The van der Waals surface area contributed by atoms with Gasteiger partial charge in [-0.2, -0.15) is 13.2 Å². The molecule has 3 aromatic rings. The third-order valence-corrected chi connectivity index (χ3v) is 7.05. The number of anilines is 1. The van der Waals surface area contributed by atoms with E-state index in [1.807, 2.05) is 0 Å². The molecule has 41 heavy (non-hydrogen) atoms. The van der Waals surface area contributed by atoms with Crippen LogP contribution in [0.25, 0.3) is 6.08 Å². The zero-order chi connectivity index (χ0) is 29.7. The van der Waals surface area contributed by atoms with Crippen LogP contribution in [0.1, 0.15) is 23.6 Å². The number of ether oxygens (including phenoxy) is 2. The summed E-state index contributed by atoms with van der Waals surface area (Å²) in [6.07, 6.45) is -3.15. The Morgan fingerprint density at radius 3 is 2.54 bits per heavy atom. The first kappa shape index (κ1) is 30.1. The van der Waals surface area contributed by atoms with Gasteiger partial charge in [-0.25, -0.2) is 4.39 Å². The minimum Gasteiger partial charge on any atom is -0.490 e. The third kappa shape index (κ3) is 7.67. The highest BCUT2D eigenvalue weighted by Crippen LogP contribution is 2.40. The summed E-state index contributed by atoms with van der Waals surface area (Å²) < 4.78 is 64.4. The molecule has 0 aliphatic carbocycles. The van der Waals surface area contributed by atoms with Gasteiger partial charge in [0.05, 0.1) is 21.5 Å². The summed E-state index contributed by atoms with van der Waals surface area (Å²) >= 11 is 4.04. The van der Waals surface area contributed by atoms with E-state index in [0.29, 0.717) is 50.4 Å². The Morgan fingerprint density at radius 1 is 1.07 bits per heavy atom. The number of benzene rings is 3. The SMILES string of the molecule is CCOc1cc(/C=C2\SC(=O)N(CC(=O)Nc3cccc(C(F)(F)F)c3)C2=O)cc(Br)c1OCc1cccc(F)c1. The maximum atomic E-state index is 13.5. The highest BCUT2D eigenvalue weighted by atomic mass is 79.9. The first-order valence-electron chi connectivity index (χ1n) is 12.0. The van der Waals surface area contributed by atoms with Crippen LogP contribution in [-0.2, 0) is 22.4 Å². The molecule has 0 unspecified atom stereocenters. The van der Waals surface area contributed by atoms with Gasteiger partial charge in [-0.3, -0.25) is 19.3 Å². The molecule has 0 spiro atoms. The summed E-state index contributed by atoms with van der Waals surface area (Å²) in [5.41, 5.74) is 0.0132. The Morgan fingerprint density at radius 2 is 1.83 bits per heavy atom. The van der Waals surface area contributed by atoms with Crippen LogP contribution in [0.4, 0.5) is 28.0 Å². The highest BCUT2D eigenvalue weighted by molar-refractivity contribution is 9.10. The number of thioether (sulfide) groups is 1. The van der Waals surface area contributed by atoms with Crippen molar-refractivity contribution in [3.63, 3.8) is 0 Å². The second-order valence-electron chi connectivity index (χ2n) is 8.58. The van der Waals surface area contributed by atoms with Crippen molar-refractivity contribution in [2.45, 2.75) is 19.7 Å². The number of amides is 3. The fraction of sp³-hybridized carbons (Fsp3) is 0.179. The smallest absolute Gasteiger partial charge is 0.416 e. The van der Waals surface area contributed by atoms with E-state index in [4.69, 9.17) is 9.47 Å². The predicted octanol–water partition coefficient (Wildman–Crippen LogP) is 7.26. The van der Waals surface area contributed by atoms with Crippen molar-refractivity contribution in [1.29, 1.82) is 0 Å². The number of hydrogen-bond donors (Lipinski definition) is 1. The average molecular weight is 653 g/mol. The van der Waals surface area contributed by atoms with Crippen molar-refractivity contribution < 1.29 is 41.4 Å². The van der Waals surface area contributed by atoms with Crippen molar-refractivity contribution in [2.75, 3.05) is 18.5 Å². The lowest BCUT2D eigenvalue weighted by Gasteiger charge is -2.15. The highest BCUT2D eigenvalue weighted by Gasteiger charge is 2.36. The van der Waals surface area contributed by atoms with Crippen LogP contribution < -0.4 is 14.8 Å². The summed E-state index contributed by atoms with van der Waals surface area (Å²) in [4.78, 5) is 38.6. The number of rotatable bonds is 9. The second-order valence-corrected chi connectivity index (χ2v) is 10.4. The maximum absolute atomic E-state index is 13.5. The van der Waals surface area contributed by atoms with Crippen LogP contribution in [0, 0.1) is 5.82 Å². The Hall–Kier alpha value is -3.84. The van der Waals surface area contributed by atoms with Crippen LogP contribution in [0.15, 0.2) is 70.0 Å². The molecular weight excluding hydrogens is 632 g/mol. The van der Waals surface area contributed by atoms with E-state index >= 15 is 0 Å². The van der Waals surface area contributed by atoms with E-state index in [9.17, 15) is 31.9 Å². The molecule has 3 amide bonds. The normalized spacial score (nSPS) is 14.5. The molecule has 1 N–H and O–H groups in total. The number of nitrogens with zero attached hydrogens (tertiary/aromatic N) is 1. The summed E-state index contributed by atoms with van der Waals surface area (Å²) in [7, 11) is 0. The Kier molecular flexibility index (Phi) is 9.38. The van der Waals surface area contributed by atoms with Gasteiger partial charge in [-0.15, -0.1) is 0 Å². The Balaban J connectivity index is 1.48. The zero-order valence-electron chi connectivity index (χ0n) is 21.3. The zero-order valence-corrected chi connectivity index (χ0v) is 23.7. The van der Waals surface area contributed by atoms with Crippen molar-refractivity contribution in [3.05, 3.63) is 92.5 Å². The molecule has 1 saturated heterocycles. The van der Waals surface area contributed by atoms with E-state index < -0.39 is 41.2 Å². The molecule has 0 bridgehead atoms. The van der Waals surface area contributed by atoms with Crippen molar-refractivity contribution in [2.24, 2.45) is 0 Å². The Bertz CT molecular complexity index is 1530. The fourth-order valence-electron chi connectivity index (χ4n) is 3.76. The number of nitrogens with one attached hydrogen (secondary N) is 1. The molecule has 1 aliphatic heterocycles. The molecule has 4 rings (SSSR count). The van der Waals surface area contributed by atoms with E-state index in [-0.39, 0.29) is 17.2 Å². The van der Waals surface area contributed by atoms with Crippen LogP contribution in [0.5, 0.6) is 11.5 Å². The van der Waals surface area contributed by atoms with Gasteiger partial charge in [0.25, 0.3) is 11.1 Å². The molecule has 3 aromatic carbocycles. The molecule has 0 aromatic heterocycles. The predicted molar refractivity (Wildman–Crippen MR) is 149 cm³/mol. The molecule has 0 atom stereocenters. The van der Waals surface area contributed by atoms with E-state index in [1.165, 1.54) is 24.3 Å². The topological polar surface area (TPSA) is 84.9 Å². The molecule has 1 aliphatic rings. The van der Waals surface area contributed by atoms with Crippen LogP contribution in [-0.4, -0.2) is 35.1 Å². The second kappa shape index (κ2) is 12.8. The maximum Gasteiger partial charge on any atom is 0.416 e. The summed E-state index contributed by atoms with van der Waals surface area (Å²) in [6.45, 7) is 1.45. The van der Waals surface area contributed by atoms with Gasteiger partial charge in [0.2, 0.25) is 5.91 Å². The van der Waals surface area contributed by atoms with Crippen LogP contribution in [0.3, 0.4) is 0 Å². The number of imide groups is 1. The van der Waals surface area contributed by atoms with Gasteiger partial charge < -0.3 is 14.8 Å². The lowest BCUT2D eigenvalue weighted by molar-refractivity contribution is -0.137. The standard InChI is InChI=1S/C28H21BrF4N2O5S/c1-2-39-22-11-17(10-21(29)25(22)40-15-16-5-3-7-19(30)9-16)12-23-26(37)35(27(38)41-23)14-24(36)34-20-8-4-6-18(13-20)28(31,32)33/h3-13H,2,14-15H2,1H3,(H,34,36)/b23-12-. The van der Waals surface area contributed by atoms with E-state index in [0.717, 1.165) is 18.2 Å². The molecule has 1 heterocycles. The molecule has 0 saturated carbocycles. The number of carbonyl (C=O) groups is 3. The van der Waals surface area contributed by atoms with E-state index in [2.05, 4.69) is 21.2 Å². The van der Waals surface area contributed by atoms with Gasteiger partial charge in [0.1, 0.15) is 19.0 Å². The lowest BCUT2D eigenvalue weighted by atomic mass is 10.1. The summed E-state index contributed by atoms with van der Waals surface area (Å²) in [5, 5.41) is 1.57. The Labute approximate surface area is 244 Å². The molecule has 0 radical (unpaired) electrons. The number of hydrogen-bond acceptors (Lipinski definition) is 6. The fourth-order valence-corrected chi connectivity index (χ4v) is 5.17. The largest absolute Gasteiger partial charge is 0.490 e. The van der Waals surface area contributed by atoms with Crippen molar-refractivity contribution in [1.82, 2.24) is 4.90 Å². The summed E-state index contributed by atoms with van der Waals surface area (Å²) in [5.74, 6) is -1.28. The summed E-state index contributed by atoms with van der Waals surface area (Å²) in [6, 6.07) is 13.2. The number of carbonyl (C=O) groups excluding carboxylic acids is 3. The minimum atomic E-state index is -4.60. The molecule has 214 valence electrons. The van der Waals surface area contributed by atoms with Crippen LogP contribution >= 0.6 is 27.7 Å². The monoisotopic (exact) mass is 652 g/mol. The molecule has 13 heteroatoms. The van der Waals surface area contributed by atoms with Gasteiger partial charge in [-0.05, 0) is 94.3 Å². The average Bonchev–Trinajstić information content (AvgIpc) is 3.15. The van der Waals surface area contributed by atoms with Gasteiger partial charge in [0.15, 0.2) is 11.5 Å². The third-order valence-electron chi connectivity index (χ3n) is 5.55. The van der Waals surface area contributed by atoms with Gasteiger partial charge in [-0.1, -0.05) is 18.2 Å². The first-order chi connectivity index (χ1) is 19.4. The van der Waals surface area contributed by atoms with Crippen LogP contribution in [0.2, 0.25) is 0 Å². The van der Waals surface area contributed by atoms with Gasteiger partial charge >= 0.3 is 6.18 Å². The van der Waals surface area contributed by atoms with Gasteiger partial charge in [0, 0.05) is 5.69 Å². The first-order valence-corrected chi connectivity index (χ1v) is 13.6. The number of halogens is 5. The lowest BCUT2D eigenvalue weighted by Crippen LogP contribution is -2.36. The number of alkyl halides is 3. The van der Waals surface area contributed by atoms with E-state index in [1.54, 1.807) is 31.2 Å². The minimum absolute atomic E-state index is 0.0321. The molecule has 1 fully saturated rings. The molecular formula is C28H21BrF4N2O5S. The molecule has 7 nitrogen and oxygen atoms in total.